The standard InChI is InChI=1S/C16H34N/c1-3-5-7-8-9-10-11-12-13-14-16-17-15-6-4-2/h15,17H,3-14,16H2,1-2H3. The Morgan fingerprint density at radius 1 is 0.647 bits per heavy atom. The molecular formula is C16H34N. The highest BCUT2D eigenvalue weighted by Crippen LogP contribution is 2.10. The molecule has 0 aliphatic rings. The normalized spacial score (nSPS) is 10.9. The molecule has 0 fully saturated rings. The van der Waals surface area contributed by atoms with Crippen LogP contribution >= 0.6 is 0 Å². The summed E-state index contributed by atoms with van der Waals surface area (Å²) in [5.41, 5.74) is 0. The van der Waals surface area contributed by atoms with Crippen LogP contribution in [0.4, 0.5) is 0 Å². The highest BCUT2D eigenvalue weighted by Gasteiger charge is 1.92. The molecule has 0 aromatic heterocycles. The predicted molar refractivity (Wildman–Crippen MR) is 79.1 cm³/mol. The van der Waals surface area contributed by atoms with E-state index >= 15 is 0 Å². The number of unbranched alkanes of at least 4 members (excludes halogenated alkanes) is 10. The summed E-state index contributed by atoms with van der Waals surface area (Å²) in [6.07, 6.45) is 16.7. The second-order valence-corrected chi connectivity index (χ2v) is 5.13. The highest BCUT2D eigenvalue weighted by molar-refractivity contribution is 4.60. The van der Waals surface area contributed by atoms with Gasteiger partial charge in [0.2, 0.25) is 0 Å². The average Bonchev–Trinajstić information content (AvgIpc) is 2.35. The largest absolute Gasteiger partial charge is 0.312 e. The van der Waals surface area contributed by atoms with E-state index in [1.165, 1.54) is 83.6 Å². The van der Waals surface area contributed by atoms with Crippen molar-refractivity contribution in [1.29, 1.82) is 0 Å². The van der Waals surface area contributed by atoms with Crippen LogP contribution in [0.25, 0.3) is 0 Å². The molecule has 0 atom stereocenters. The van der Waals surface area contributed by atoms with E-state index < -0.39 is 0 Å². The molecule has 103 valence electrons. The van der Waals surface area contributed by atoms with Crippen LogP contribution < -0.4 is 5.32 Å². The van der Waals surface area contributed by atoms with E-state index in [1.807, 2.05) is 0 Å². The summed E-state index contributed by atoms with van der Waals surface area (Å²) in [6.45, 7) is 7.90. The van der Waals surface area contributed by atoms with Gasteiger partial charge in [-0.05, 0) is 19.4 Å². The zero-order valence-electron chi connectivity index (χ0n) is 12.3. The van der Waals surface area contributed by atoms with E-state index in [4.69, 9.17) is 0 Å². The van der Waals surface area contributed by atoms with Crippen molar-refractivity contribution in [3.05, 3.63) is 6.54 Å². The summed E-state index contributed by atoms with van der Waals surface area (Å²) < 4.78 is 0. The van der Waals surface area contributed by atoms with Crippen molar-refractivity contribution in [3.8, 4) is 0 Å². The van der Waals surface area contributed by atoms with Crippen LogP contribution in [0.15, 0.2) is 0 Å². The minimum Gasteiger partial charge on any atom is -0.312 e. The van der Waals surface area contributed by atoms with Gasteiger partial charge < -0.3 is 5.32 Å². The Kier molecular flexibility index (Phi) is 15.9. The molecule has 0 unspecified atom stereocenters. The molecule has 17 heavy (non-hydrogen) atoms. The Labute approximate surface area is 110 Å². The minimum atomic E-state index is 1.18. The fourth-order valence-electron chi connectivity index (χ4n) is 2.06. The number of rotatable bonds is 14. The van der Waals surface area contributed by atoms with E-state index in [0.717, 1.165) is 0 Å². The summed E-state index contributed by atoms with van der Waals surface area (Å²) in [5, 5.41) is 3.39. The number of nitrogens with one attached hydrogen (secondary N) is 1. The topological polar surface area (TPSA) is 12.0 Å². The van der Waals surface area contributed by atoms with Gasteiger partial charge in [-0.2, -0.15) is 0 Å². The van der Waals surface area contributed by atoms with Crippen LogP contribution in [0, 0.1) is 6.54 Å². The lowest BCUT2D eigenvalue weighted by atomic mass is 10.1. The van der Waals surface area contributed by atoms with Crippen LogP contribution in [0.2, 0.25) is 0 Å². The van der Waals surface area contributed by atoms with Gasteiger partial charge >= 0.3 is 0 Å². The van der Waals surface area contributed by atoms with Crippen LogP contribution in [0.5, 0.6) is 0 Å². The molecule has 0 aromatic carbocycles. The lowest BCUT2D eigenvalue weighted by Crippen LogP contribution is -2.11. The third-order valence-electron chi connectivity index (χ3n) is 3.25. The molecule has 0 spiro atoms. The van der Waals surface area contributed by atoms with E-state index in [1.54, 1.807) is 0 Å². The Morgan fingerprint density at radius 2 is 1.18 bits per heavy atom. The summed E-state index contributed by atoms with van der Waals surface area (Å²) >= 11 is 0. The summed E-state index contributed by atoms with van der Waals surface area (Å²) in [4.78, 5) is 0. The van der Waals surface area contributed by atoms with E-state index in [-0.39, 0.29) is 0 Å². The lowest BCUT2D eigenvalue weighted by Gasteiger charge is -2.03. The second-order valence-electron chi connectivity index (χ2n) is 5.13. The summed E-state index contributed by atoms with van der Waals surface area (Å²) in [5.74, 6) is 0. The van der Waals surface area contributed by atoms with E-state index in [2.05, 4.69) is 25.7 Å². The Hall–Kier alpha value is -0.0400. The molecule has 0 saturated carbocycles. The third-order valence-corrected chi connectivity index (χ3v) is 3.25. The molecule has 1 heteroatoms. The van der Waals surface area contributed by atoms with Gasteiger partial charge in [-0.15, -0.1) is 0 Å². The molecular weight excluding hydrogens is 206 g/mol. The SMILES string of the molecule is CCC[CH]NCCCCCCCCCCCC. The molecule has 0 aliphatic carbocycles. The molecule has 0 aromatic rings. The van der Waals surface area contributed by atoms with Gasteiger partial charge in [-0.25, -0.2) is 0 Å². The van der Waals surface area contributed by atoms with Crippen molar-refractivity contribution in [2.24, 2.45) is 0 Å². The molecule has 1 nitrogen and oxygen atoms in total. The van der Waals surface area contributed by atoms with Gasteiger partial charge in [0.15, 0.2) is 0 Å². The first-order valence-electron chi connectivity index (χ1n) is 7.96. The van der Waals surface area contributed by atoms with Crippen molar-refractivity contribution in [1.82, 2.24) is 5.32 Å². The van der Waals surface area contributed by atoms with Crippen molar-refractivity contribution < 1.29 is 0 Å². The maximum Gasteiger partial charge on any atom is 0.0221 e. The van der Waals surface area contributed by atoms with Gasteiger partial charge in [-0.1, -0.05) is 78.1 Å². The van der Waals surface area contributed by atoms with E-state index in [0.29, 0.717) is 0 Å². The molecule has 1 radical (unpaired) electrons. The smallest absolute Gasteiger partial charge is 0.0221 e. The maximum absolute atomic E-state index is 3.39. The zero-order chi connectivity index (χ0) is 12.6. The highest BCUT2D eigenvalue weighted by atomic mass is 14.8. The second kappa shape index (κ2) is 16.0. The summed E-state index contributed by atoms with van der Waals surface area (Å²) in [7, 11) is 0. The maximum atomic E-state index is 3.39. The Bertz CT molecular complexity index is 109. The van der Waals surface area contributed by atoms with Gasteiger partial charge in [0.05, 0.1) is 0 Å². The van der Waals surface area contributed by atoms with Crippen molar-refractivity contribution in [3.63, 3.8) is 0 Å². The van der Waals surface area contributed by atoms with Gasteiger partial charge in [0.25, 0.3) is 0 Å². The summed E-state index contributed by atoms with van der Waals surface area (Å²) in [6, 6.07) is 0. The van der Waals surface area contributed by atoms with Crippen LogP contribution in [-0.2, 0) is 0 Å². The first kappa shape index (κ1) is 17.0. The quantitative estimate of drug-likeness (QED) is 0.398. The average molecular weight is 240 g/mol. The molecule has 0 rings (SSSR count). The zero-order valence-corrected chi connectivity index (χ0v) is 12.3. The van der Waals surface area contributed by atoms with Gasteiger partial charge in [-0.3, -0.25) is 0 Å². The fraction of sp³-hybridized carbons (Fsp3) is 0.938. The monoisotopic (exact) mass is 240 g/mol. The molecule has 0 heterocycles. The predicted octanol–water partition coefficient (Wildman–Crippen LogP) is 5.46. The van der Waals surface area contributed by atoms with Crippen molar-refractivity contribution >= 4 is 0 Å². The minimum absolute atomic E-state index is 1.18. The first-order chi connectivity index (χ1) is 8.41. The van der Waals surface area contributed by atoms with Gasteiger partial charge in [0.1, 0.15) is 0 Å². The van der Waals surface area contributed by atoms with Crippen molar-refractivity contribution in [2.75, 3.05) is 6.54 Å². The molecule has 0 aliphatic heterocycles. The number of hydrogen-bond donors (Lipinski definition) is 1. The third kappa shape index (κ3) is 16.0. The molecule has 0 amide bonds. The van der Waals surface area contributed by atoms with Crippen LogP contribution in [-0.4, -0.2) is 6.54 Å². The Balaban J connectivity index is 2.85. The number of hydrogen-bond acceptors (Lipinski definition) is 1. The van der Waals surface area contributed by atoms with Crippen LogP contribution in [0.3, 0.4) is 0 Å². The van der Waals surface area contributed by atoms with Gasteiger partial charge in [0, 0.05) is 6.54 Å². The lowest BCUT2D eigenvalue weighted by molar-refractivity contribution is 0.549. The molecule has 0 bridgehead atoms. The molecule has 0 saturated heterocycles. The molecule has 1 N–H and O–H groups in total. The fourth-order valence-corrected chi connectivity index (χ4v) is 2.06. The van der Waals surface area contributed by atoms with Crippen molar-refractivity contribution in [2.45, 2.75) is 90.9 Å². The van der Waals surface area contributed by atoms with E-state index in [9.17, 15) is 0 Å². The Morgan fingerprint density at radius 3 is 1.71 bits per heavy atom. The first-order valence-corrected chi connectivity index (χ1v) is 7.96. The van der Waals surface area contributed by atoms with Crippen LogP contribution in [0.1, 0.15) is 90.9 Å².